The Morgan fingerprint density at radius 1 is 1.18 bits per heavy atom. The molecule has 1 N–H and O–H groups in total. The minimum Gasteiger partial charge on any atom is -0.380 e. The van der Waals surface area contributed by atoms with Crippen molar-refractivity contribution in [2.45, 2.75) is 37.8 Å². The van der Waals surface area contributed by atoms with Crippen LogP contribution in [0, 0.1) is 0 Å². The van der Waals surface area contributed by atoms with Gasteiger partial charge in [-0.25, -0.2) is 0 Å². The Kier molecular flexibility index (Phi) is 3.37. The van der Waals surface area contributed by atoms with Crippen molar-refractivity contribution in [1.29, 1.82) is 0 Å². The Balaban J connectivity index is 1.61. The Hall–Kier alpha value is -0.570. The average molecular weight is 252 g/mol. The fraction of sp³-hybridized carbons (Fsp3) is 0.571. The van der Waals surface area contributed by atoms with Gasteiger partial charge in [0, 0.05) is 23.7 Å². The molecule has 1 fully saturated rings. The fourth-order valence-corrected chi connectivity index (χ4v) is 3.10. The summed E-state index contributed by atoms with van der Waals surface area (Å²) >= 11 is 6.02. The van der Waals surface area contributed by atoms with Crippen LogP contribution >= 0.6 is 11.6 Å². The molecule has 1 heterocycles. The number of fused-ring (bicyclic) bond motifs is 1. The molecule has 0 saturated carbocycles. The Morgan fingerprint density at radius 2 is 2.06 bits per heavy atom. The zero-order valence-corrected chi connectivity index (χ0v) is 10.7. The molecule has 2 aliphatic rings. The van der Waals surface area contributed by atoms with Crippen LogP contribution in [0.2, 0.25) is 5.02 Å². The monoisotopic (exact) mass is 251 g/mol. The van der Waals surface area contributed by atoms with E-state index in [0.29, 0.717) is 12.1 Å². The predicted octanol–water partition coefficient (Wildman–Crippen LogP) is 2.58. The van der Waals surface area contributed by atoms with Gasteiger partial charge in [0.05, 0.1) is 6.61 Å². The van der Waals surface area contributed by atoms with Crippen LogP contribution in [0.5, 0.6) is 0 Å². The lowest BCUT2D eigenvalue weighted by molar-refractivity contribution is 0.0667. The van der Waals surface area contributed by atoms with Crippen LogP contribution in [0.25, 0.3) is 0 Å². The number of benzene rings is 1. The minimum atomic E-state index is 0.540. The lowest BCUT2D eigenvalue weighted by Crippen LogP contribution is -2.43. The van der Waals surface area contributed by atoms with Crippen LogP contribution in [0.4, 0.5) is 0 Å². The second-order valence-corrected chi connectivity index (χ2v) is 5.54. The van der Waals surface area contributed by atoms with E-state index in [9.17, 15) is 0 Å². The zero-order valence-electron chi connectivity index (χ0n) is 9.92. The van der Waals surface area contributed by atoms with Crippen molar-refractivity contribution in [1.82, 2.24) is 5.32 Å². The van der Waals surface area contributed by atoms with Crippen molar-refractivity contribution in [3.05, 3.63) is 34.3 Å². The molecule has 2 nitrogen and oxygen atoms in total. The summed E-state index contributed by atoms with van der Waals surface area (Å²) in [6, 6.07) is 7.37. The lowest BCUT2D eigenvalue weighted by Gasteiger charge is -2.26. The van der Waals surface area contributed by atoms with Crippen LogP contribution in [-0.4, -0.2) is 25.3 Å². The molecular weight excluding hydrogens is 234 g/mol. The molecule has 92 valence electrons. The van der Waals surface area contributed by atoms with E-state index in [1.54, 1.807) is 0 Å². The summed E-state index contributed by atoms with van der Waals surface area (Å²) in [5.74, 6) is 0. The Bertz CT molecular complexity index is 401. The van der Waals surface area contributed by atoms with E-state index >= 15 is 0 Å². The second kappa shape index (κ2) is 4.97. The lowest BCUT2D eigenvalue weighted by atomic mass is 10.1. The summed E-state index contributed by atoms with van der Waals surface area (Å²) in [7, 11) is 0. The van der Waals surface area contributed by atoms with Crippen LogP contribution in [0.15, 0.2) is 18.2 Å². The normalized spacial score (nSPS) is 28.1. The first-order valence-electron chi connectivity index (χ1n) is 6.42. The molecular formula is C14H18ClNO. The van der Waals surface area contributed by atoms with Gasteiger partial charge in [-0.2, -0.15) is 0 Å². The average Bonchev–Trinajstić information content (AvgIpc) is 2.71. The summed E-state index contributed by atoms with van der Waals surface area (Å²) in [5, 5.41) is 4.57. The molecule has 1 aliphatic heterocycles. The summed E-state index contributed by atoms with van der Waals surface area (Å²) in [5.41, 5.74) is 2.86. The fourth-order valence-electron chi connectivity index (χ4n) is 2.91. The summed E-state index contributed by atoms with van der Waals surface area (Å²) < 4.78 is 5.50. The minimum absolute atomic E-state index is 0.540. The smallest absolute Gasteiger partial charge is 0.0619 e. The van der Waals surface area contributed by atoms with Gasteiger partial charge in [-0.1, -0.05) is 17.7 Å². The molecule has 3 heteroatoms. The molecule has 2 unspecified atom stereocenters. The number of hydrogen-bond acceptors (Lipinski definition) is 2. The van der Waals surface area contributed by atoms with Crippen molar-refractivity contribution in [2.75, 3.05) is 13.2 Å². The van der Waals surface area contributed by atoms with E-state index < -0.39 is 0 Å². The first-order valence-corrected chi connectivity index (χ1v) is 6.80. The highest BCUT2D eigenvalue weighted by Gasteiger charge is 2.24. The molecule has 1 aromatic rings. The zero-order chi connectivity index (χ0) is 11.7. The maximum Gasteiger partial charge on any atom is 0.0619 e. The van der Waals surface area contributed by atoms with E-state index in [-0.39, 0.29) is 0 Å². The summed E-state index contributed by atoms with van der Waals surface area (Å²) in [6.07, 6.45) is 4.66. The summed E-state index contributed by atoms with van der Waals surface area (Å²) in [6.45, 7) is 1.80. The predicted molar refractivity (Wildman–Crippen MR) is 69.6 cm³/mol. The van der Waals surface area contributed by atoms with Gasteiger partial charge in [0.2, 0.25) is 0 Å². The van der Waals surface area contributed by atoms with Gasteiger partial charge < -0.3 is 10.1 Å². The molecule has 0 spiro atoms. The van der Waals surface area contributed by atoms with E-state index in [1.165, 1.54) is 24.0 Å². The van der Waals surface area contributed by atoms with Gasteiger partial charge in [-0.15, -0.1) is 0 Å². The van der Waals surface area contributed by atoms with Crippen LogP contribution in [0.3, 0.4) is 0 Å². The highest BCUT2D eigenvalue weighted by Crippen LogP contribution is 2.26. The van der Waals surface area contributed by atoms with Crippen LogP contribution in [0.1, 0.15) is 24.0 Å². The molecule has 1 saturated heterocycles. The van der Waals surface area contributed by atoms with Crippen molar-refractivity contribution in [3.63, 3.8) is 0 Å². The number of rotatable bonds is 2. The van der Waals surface area contributed by atoms with E-state index in [2.05, 4.69) is 17.4 Å². The Morgan fingerprint density at radius 3 is 2.88 bits per heavy atom. The molecule has 3 rings (SSSR count). The molecule has 1 aromatic carbocycles. The topological polar surface area (TPSA) is 21.3 Å². The largest absolute Gasteiger partial charge is 0.380 e. The maximum atomic E-state index is 6.02. The number of hydrogen-bond donors (Lipinski definition) is 1. The highest BCUT2D eigenvalue weighted by atomic mass is 35.5. The Labute approximate surface area is 107 Å². The van der Waals surface area contributed by atoms with Crippen molar-refractivity contribution in [2.24, 2.45) is 0 Å². The third kappa shape index (κ3) is 2.65. The first-order chi connectivity index (χ1) is 8.31. The summed E-state index contributed by atoms with van der Waals surface area (Å²) in [4.78, 5) is 0. The van der Waals surface area contributed by atoms with Gasteiger partial charge >= 0.3 is 0 Å². The van der Waals surface area contributed by atoms with Gasteiger partial charge in [-0.3, -0.25) is 0 Å². The highest BCUT2D eigenvalue weighted by molar-refractivity contribution is 6.30. The van der Waals surface area contributed by atoms with Crippen molar-refractivity contribution in [3.8, 4) is 0 Å². The number of halogens is 1. The van der Waals surface area contributed by atoms with Gasteiger partial charge in [0.25, 0.3) is 0 Å². The van der Waals surface area contributed by atoms with E-state index in [1.807, 2.05) is 6.07 Å². The van der Waals surface area contributed by atoms with Gasteiger partial charge in [0.1, 0.15) is 0 Å². The van der Waals surface area contributed by atoms with Crippen LogP contribution in [-0.2, 0) is 17.6 Å². The third-order valence-electron chi connectivity index (χ3n) is 3.73. The molecule has 2 atom stereocenters. The maximum absolute atomic E-state index is 6.02. The molecule has 0 radical (unpaired) electrons. The van der Waals surface area contributed by atoms with Crippen molar-refractivity contribution >= 4 is 11.6 Å². The van der Waals surface area contributed by atoms with E-state index in [4.69, 9.17) is 16.3 Å². The van der Waals surface area contributed by atoms with Crippen LogP contribution < -0.4 is 5.32 Å². The standard InChI is InChI=1S/C14H18ClNO/c15-12-4-3-10-7-14(8-11(10)6-12)16-13-2-1-5-17-9-13/h3-4,6,13-14,16H,1-2,5,7-9H2. The number of ether oxygens (including phenoxy) is 1. The third-order valence-corrected chi connectivity index (χ3v) is 3.97. The molecule has 0 bridgehead atoms. The quantitative estimate of drug-likeness (QED) is 0.873. The van der Waals surface area contributed by atoms with Gasteiger partial charge in [0.15, 0.2) is 0 Å². The van der Waals surface area contributed by atoms with E-state index in [0.717, 1.165) is 31.1 Å². The molecule has 0 aromatic heterocycles. The first kappa shape index (κ1) is 11.5. The molecule has 0 amide bonds. The second-order valence-electron chi connectivity index (χ2n) is 5.10. The molecule has 17 heavy (non-hydrogen) atoms. The van der Waals surface area contributed by atoms with Gasteiger partial charge in [-0.05, 0) is 48.9 Å². The van der Waals surface area contributed by atoms with Crippen molar-refractivity contribution < 1.29 is 4.74 Å². The molecule has 1 aliphatic carbocycles. The number of nitrogens with one attached hydrogen (secondary N) is 1. The SMILES string of the molecule is Clc1ccc2c(c1)CC(NC1CCCOC1)C2.